The van der Waals surface area contributed by atoms with Crippen LogP contribution in [0.5, 0.6) is 0 Å². The molecule has 0 saturated carbocycles. The molecule has 108 valence electrons. The van der Waals surface area contributed by atoms with Gasteiger partial charge in [0.15, 0.2) is 0 Å². The standard InChI is InChI=1S/C14H31N3O/c1-7-8-12(4)17(6)10-9-14(5,13(15)18)16-11(2)3/h11-12,16H,7-10H2,1-6H3,(H2,15,18). The second-order valence-electron chi connectivity index (χ2n) is 5.86. The number of amides is 1. The van der Waals surface area contributed by atoms with Gasteiger partial charge in [-0.3, -0.25) is 4.79 Å². The van der Waals surface area contributed by atoms with Crippen LogP contribution in [0.1, 0.15) is 53.9 Å². The second kappa shape index (κ2) is 7.74. The van der Waals surface area contributed by atoms with E-state index in [0.29, 0.717) is 6.04 Å². The number of nitrogens with two attached hydrogens (primary N) is 1. The van der Waals surface area contributed by atoms with E-state index in [9.17, 15) is 4.79 Å². The zero-order chi connectivity index (χ0) is 14.3. The van der Waals surface area contributed by atoms with Crippen LogP contribution < -0.4 is 11.1 Å². The monoisotopic (exact) mass is 257 g/mol. The fraction of sp³-hybridized carbons (Fsp3) is 0.929. The van der Waals surface area contributed by atoms with Crippen molar-refractivity contribution in [3.8, 4) is 0 Å². The Bertz CT molecular complexity index is 255. The van der Waals surface area contributed by atoms with Gasteiger partial charge < -0.3 is 16.0 Å². The Morgan fingerprint density at radius 2 is 1.94 bits per heavy atom. The summed E-state index contributed by atoms with van der Waals surface area (Å²) in [5, 5.41) is 3.28. The summed E-state index contributed by atoms with van der Waals surface area (Å²) in [5.74, 6) is -0.271. The van der Waals surface area contributed by atoms with Gasteiger partial charge in [0.2, 0.25) is 5.91 Å². The van der Waals surface area contributed by atoms with Crippen molar-refractivity contribution in [3.63, 3.8) is 0 Å². The average molecular weight is 257 g/mol. The third-order valence-corrected chi connectivity index (χ3v) is 3.57. The molecule has 2 atom stereocenters. The first-order chi connectivity index (χ1) is 8.23. The summed E-state index contributed by atoms with van der Waals surface area (Å²) in [6.45, 7) is 11.3. The van der Waals surface area contributed by atoms with Gasteiger partial charge in [0, 0.05) is 18.6 Å². The van der Waals surface area contributed by atoms with Crippen molar-refractivity contribution in [1.29, 1.82) is 0 Å². The fourth-order valence-corrected chi connectivity index (χ4v) is 2.16. The molecule has 4 nitrogen and oxygen atoms in total. The molecule has 0 heterocycles. The molecule has 0 rings (SSSR count). The van der Waals surface area contributed by atoms with Crippen LogP contribution in [0.2, 0.25) is 0 Å². The Kier molecular flexibility index (Phi) is 7.48. The van der Waals surface area contributed by atoms with E-state index in [2.05, 4.69) is 31.1 Å². The summed E-state index contributed by atoms with van der Waals surface area (Å²) in [6, 6.07) is 0.798. The molecule has 4 heteroatoms. The molecule has 0 bridgehead atoms. The van der Waals surface area contributed by atoms with Crippen molar-refractivity contribution in [2.45, 2.75) is 71.5 Å². The van der Waals surface area contributed by atoms with E-state index >= 15 is 0 Å². The molecule has 18 heavy (non-hydrogen) atoms. The van der Waals surface area contributed by atoms with Gasteiger partial charge in [-0.1, -0.05) is 13.3 Å². The first-order valence-corrected chi connectivity index (χ1v) is 7.00. The number of rotatable bonds is 9. The van der Waals surface area contributed by atoms with Crippen LogP contribution in [0.4, 0.5) is 0 Å². The molecule has 0 spiro atoms. The van der Waals surface area contributed by atoms with Crippen LogP contribution in [0.15, 0.2) is 0 Å². The highest BCUT2D eigenvalue weighted by atomic mass is 16.1. The Morgan fingerprint density at radius 1 is 1.39 bits per heavy atom. The molecular formula is C14H31N3O. The summed E-state index contributed by atoms with van der Waals surface area (Å²) in [4.78, 5) is 13.9. The summed E-state index contributed by atoms with van der Waals surface area (Å²) in [6.07, 6.45) is 3.11. The molecule has 0 aliphatic carbocycles. The lowest BCUT2D eigenvalue weighted by molar-refractivity contribution is -0.124. The Hall–Kier alpha value is -0.610. The minimum atomic E-state index is -0.617. The Morgan fingerprint density at radius 3 is 2.33 bits per heavy atom. The topological polar surface area (TPSA) is 58.4 Å². The smallest absolute Gasteiger partial charge is 0.237 e. The molecule has 0 fully saturated rings. The number of nitrogens with one attached hydrogen (secondary N) is 1. The van der Waals surface area contributed by atoms with Gasteiger partial charge in [-0.25, -0.2) is 0 Å². The number of hydrogen-bond donors (Lipinski definition) is 2. The molecule has 0 radical (unpaired) electrons. The summed E-state index contributed by atoms with van der Waals surface area (Å²) in [7, 11) is 2.11. The predicted molar refractivity (Wildman–Crippen MR) is 77.5 cm³/mol. The van der Waals surface area contributed by atoms with Gasteiger partial charge in [-0.15, -0.1) is 0 Å². The largest absolute Gasteiger partial charge is 0.368 e. The summed E-state index contributed by atoms with van der Waals surface area (Å²) >= 11 is 0. The van der Waals surface area contributed by atoms with E-state index in [4.69, 9.17) is 5.73 Å². The normalized spacial score (nSPS) is 16.9. The van der Waals surface area contributed by atoms with Gasteiger partial charge in [-0.2, -0.15) is 0 Å². The van der Waals surface area contributed by atoms with Gasteiger partial charge in [0.25, 0.3) is 0 Å². The third-order valence-electron chi connectivity index (χ3n) is 3.57. The molecule has 1 amide bonds. The van der Waals surface area contributed by atoms with Crippen LogP contribution in [0.25, 0.3) is 0 Å². The minimum Gasteiger partial charge on any atom is -0.368 e. The van der Waals surface area contributed by atoms with Crippen LogP contribution in [0.3, 0.4) is 0 Å². The average Bonchev–Trinajstić information content (AvgIpc) is 2.25. The lowest BCUT2D eigenvalue weighted by Gasteiger charge is -2.33. The minimum absolute atomic E-state index is 0.251. The maximum absolute atomic E-state index is 11.6. The first-order valence-electron chi connectivity index (χ1n) is 7.00. The molecule has 0 aliphatic rings. The van der Waals surface area contributed by atoms with Crippen molar-refractivity contribution in [2.24, 2.45) is 5.73 Å². The van der Waals surface area contributed by atoms with Crippen molar-refractivity contribution in [1.82, 2.24) is 10.2 Å². The SMILES string of the molecule is CCCC(C)N(C)CCC(C)(NC(C)C)C(N)=O. The van der Waals surface area contributed by atoms with E-state index < -0.39 is 5.54 Å². The van der Waals surface area contributed by atoms with Crippen molar-refractivity contribution in [3.05, 3.63) is 0 Å². The summed E-state index contributed by atoms with van der Waals surface area (Å²) < 4.78 is 0. The van der Waals surface area contributed by atoms with Gasteiger partial charge in [-0.05, 0) is 47.6 Å². The van der Waals surface area contributed by atoms with E-state index in [1.165, 1.54) is 12.8 Å². The number of nitrogens with zero attached hydrogens (tertiary/aromatic N) is 1. The maximum Gasteiger partial charge on any atom is 0.237 e. The summed E-state index contributed by atoms with van der Waals surface area (Å²) in [5.41, 5.74) is 4.90. The van der Waals surface area contributed by atoms with Crippen LogP contribution in [-0.2, 0) is 4.79 Å². The van der Waals surface area contributed by atoms with Crippen molar-refractivity contribution >= 4 is 5.91 Å². The van der Waals surface area contributed by atoms with E-state index in [0.717, 1.165) is 13.0 Å². The second-order valence-corrected chi connectivity index (χ2v) is 5.86. The zero-order valence-corrected chi connectivity index (χ0v) is 12.9. The Balaban J connectivity index is 4.39. The lowest BCUT2D eigenvalue weighted by Crippen LogP contribution is -2.56. The number of carbonyl (C=O) groups excluding carboxylic acids is 1. The molecular weight excluding hydrogens is 226 g/mol. The van der Waals surface area contributed by atoms with E-state index in [1.54, 1.807) is 0 Å². The quantitative estimate of drug-likeness (QED) is 0.661. The highest BCUT2D eigenvalue weighted by Crippen LogP contribution is 2.13. The highest BCUT2D eigenvalue weighted by Gasteiger charge is 2.31. The lowest BCUT2D eigenvalue weighted by atomic mass is 9.95. The van der Waals surface area contributed by atoms with Gasteiger partial charge >= 0.3 is 0 Å². The molecule has 3 N–H and O–H groups in total. The third kappa shape index (κ3) is 5.83. The molecule has 0 aromatic carbocycles. The molecule has 0 aromatic heterocycles. The van der Waals surface area contributed by atoms with Crippen LogP contribution in [0, 0.1) is 0 Å². The maximum atomic E-state index is 11.6. The number of hydrogen-bond acceptors (Lipinski definition) is 3. The van der Waals surface area contributed by atoms with Gasteiger partial charge in [0.05, 0.1) is 5.54 Å². The highest BCUT2D eigenvalue weighted by molar-refractivity contribution is 5.84. The molecule has 0 saturated heterocycles. The number of primary amides is 1. The van der Waals surface area contributed by atoms with Crippen molar-refractivity contribution in [2.75, 3.05) is 13.6 Å². The first kappa shape index (κ1) is 17.4. The van der Waals surface area contributed by atoms with Crippen LogP contribution >= 0.6 is 0 Å². The van der Waals surface area contributed by atoms with Gasteiger partial charge in [0.1, 0.15) is 0 Å². The Labute approximate surface area is 112 Å². The fourth-order valence-electron chi connectivity index (χ4n) is 2.16. The predicted octanol–water partition coefficient (Wildman–Crippen LogP) is 1.74. The molecule has 0 aliphatic heterocycles. The van der Waals surface area contributed by atoms with Crippen molar-refractivity contribution < 1.29 is 4.79 Å². The van der Waals surface area contributed by atoms with Crippen LogP contribution in [-0.4, -0.2) is 42.0 Å². The molecule has 0 aromatic rings. The van der Waals surface area contributed by atoms with E-state index in [1.807, 2.05) is 20.8 Å². The zero-order valence-electron chi connectivity index (χ0n) is 12.9. The van der Waals surface area contributed by atoms with E-state index in [-0.39, 0.29) is 11.9 Å². The number of carbonyl (C=O) groups is 1. The molecule has 2 unspecified atom stereocenters.